The van der Waals surface area contributed by atoms with Crippen molar-refractivity contribution in [3.63, 3.8) is 0 Å². The monoisotopic (exact) mass is 421 g/mol. The number of nitrogen functional groups attached to an aromatic ring is 1. The van der Waals surface area contributed by atoms with Crippen molar-refractivity contribution in [1.82, 2.24) is 19.5 Å². The van der Waals surface area contributed by atoms with Crippen molar-refractivity contribution in [3.05, 3.63) is 12.7 Å². The first kappa shape index (κ1) is 23.3. The molecular weight excluding hydrogens is 386 g/mol. The molecule has 0 radical (unpaired) electrons. The molecule has 9 heteroatoms. The van der Waals surface area contributed by atoms with E-state index in [-0.39, 0.29) is 17.0 Å². The van der Waals surface area contributed by atoms with Crippen LogP contribution in [0.25, 0.3) is 11.2 Å². The van der Waals surface area contributed by atoms with Gasteiger partial charge >= 0.3 is 5.97 Å². The van der Waals surface area contributed by atoms with E-state index in [9.17, 15) is 4.79 Å². The maximum Gasteiger partial charge on any atom is 0.311 e. The van der Waals surface area contributed by atoms with Gasteiger partial charge in [0, 0.05) is 6.42 Å². The molecule has 2 aromatic heterocycles. The zero-order valence-corrected chi connectivity index (χ0v) is 19.9. The Bertz CT molecular complexity index is 852. The number of anilines is 1. The Kier molecular flexibility index (Phi) is 6.74. The predicted octanol–water partition coefficient (Wildman–Crippen LogP) is 3.95. The molecule has 8 nitrogen and oxygen atoms in total. The molecule has 2 N–H and O–H groups in total. The summed E-state index contributed by atoms with van der Waals surface area (Å²) in [7, 11) is -1.95. The molecule has 2 aromatic rings. The van der Waals surface area contributed by atoms with Gasteiger partial charge in [-0.2, -0.15) is 0 Å². The zero-order chi connectivity index (χ0) is 22.0. The zero-order valence-electron chi connectivity index (χ0n) is 18.9. The maximum absolute atomic E-state index is 12.1. The van der Waals surface area contributed by atoms with Crippen LogP contribution in [0.1, 0.15) is 54.0 Å². The summed E-state index contributed by atoms with van der Waals surface area (Å²) in [6.07, 6.45) is 3.73. The molecule has 2 heterocycles. The van der Waals surface area contributed by atoms with E-state index in [1.807, 2.05) is 25.3 Å². The van der Waals surface area contributed by atoms with E-state index in [1.54, 1.807) is 6.33 Å². The van der Waals surface area contributed by atoms with Crippen molar-refractivity contribution in [2.24, 2.45) is 5.41 Å². The molecule has 0 bridgehead atoms. The lowest BCUT2D eigenvalue weighted by atomic mass is 9.97. The van der Waals surface area contributed by atoms with Crippen molar-refractivity contribution in [3.8, 4) is 0 Å². The summed E-state index contributed by atoms with van der Waals surface area (Å²) in [4.78, 5) is 24.9. The SMILES string of the molecule is CC(C)(C)C(=O)OCCC(CO[Si](C)(C)C(C)(C)C)n1cnc2c(N)ncnc21. The fourth-order valence-electron chi connectivity index (χ4n) is 2.47. The molecule has 0 fully saturated rings. The van der Waals surface area contributed by atoms with Crippen molar-refractivity contribution in [2.45, 2.75) is 72.1 Å². The smallest absolute Gasteiger partial charge is 0.311 e. The fraction of sp³-hybridized carbons (Fsp3) is 0.700. The Hall–Kier alpha value is -2.00. The van der Waals surface area contributed by atoms with Crippen LogP contribution in [0.3, 0.4) is 0 Å². The number of nitrogens with zero attached hydrogens (tertiary/aromatic N) is 4. The molecule has 0 aliphatic carbocycles. The molecule has 0 aliphatic heterocycles. The number of rotatable bonds is 7. The first-order valence-electron chi connectivity index (χ1n) is 9.98. The third-order valence-electron chi connectivity index (χ3n) is 5.52. The van der Waals surface area contributed by atoms with E-state index in [1.165, 1.54) is 6.33 Å². The minimum atomic E-state index is -1.95. The van der Waals surface area contributed by atoms with Crippen molar-refractivity contribution < 1.29 is 14.0 Å². The highest BCUT2D eigenvalue weighted by molar-refractivity contribution is 6.74. The van der Waals surface area contributed by atoms with Crippen LogP contribution in [0.5, 0.6) is 0 Å². The Morgan fingerprint density at radius 3 is 2.41 bits per heavy atom. The van der Waals surface area contributed by atoms with Gasteiger partial charge in [-0.15, -0.1) is 0 Å². The van der Waals surface area contributed by atoms with E-state index >= 15 is 0 Å². The molecule has 0 aromatic carbocycles. The third-order valence-corrected chi connectivity index (χ3v) is 10.0. The van der Waals surface area contributed by atoms with Crippen LogP contribution in [-0.4, -0.2) is 47.0 Å². The van der Waals surface area contributed by atoms with Gasteiger partial charge in [0.05, 0.1) is 31.0 Å². The Morgan fingerprint density at radius 1 is 1.17 bits per heavy atom. The van der Waals surface area contributed by atoms with Gasteiger partial charge in [0.15, 0.2) is 19.8 Å². The minimum absolute atomic E-state index is 0.0869. The van der Waals surface area contributed by atoms with E-state index in [0.717, 1.165) is 0 Å². The molecule has 162 valence electrons. The summed E-state index contributed by atoms with van der Waals surface area (Å²) < 4.78 is 13.9. The predicted molar refractivity (Wildman–Crippen MR) is 117 cm³/mol. The number of imidazole rings is 1. The van der Waals surface area contributed by atoms with E-state index in [2.05, 4.69) is 48.8 Å². The number of hydrogen-bond donors (Lipinski definition) is 1. The number of aromatic nitrogens is 4. The first-order valence-corrected chi connectivity index (χ1v) is 12.9. The van der Waals surface area contributed by atoms with Gasteiger partial charge in [0.1, 0.15) is 11.8 Å². The molecule has 0 saturated carbocycles. The second kappa shape index (κ2) is 8.39. The summed E-state index contributed by atoms with van der Waals surface area (Å²) in [6.45, 7) is 17.4. The Labute approximate surface area is 174 Å². The Morgan fingerprint density at radius 2 is 1.83 bits per heavy atom. The topological polar surface area (TPSA) is 105 Å². The number of fused-ring (bicyclic) bond motifs is 1. The number of hydrogen-bond acceptors (Lipinski definition) is 7. The average Bonchev–Trinajstić information content (AvgIpc) is 3.01. The highest BCUT2D eigenvalue weighted by Gasteiger charge is 2.38. The second-order valence-corrected chi connectivity index (χ2v) is 14.8. The molecule has 1 atom stereocenters. The second-order valence-electron chi connectivity index (χ2n) is 9.98. The van der Waals surface area contributed by atoms with Gasteiger partial charge in [-0.05, 0) is 38.9 Å². The lowest BCUT2D eigenvalue weighted by Gasteiger charge is -2.37. The van der Waals surface area contributed by atoms with Gasteiger partial charge in [0.2, 0.25) is 0 Å². The van der Waals surface area contributed by atoms with Gasteiger partial charge < -0.3 is 19.5 Å². The van der Waals surface area contributed by atoms with Gasteiger partial charge in [-0.1, -0.05) is 20.8 Å². The lowest BCUT2D eigenvalue weighted by Crippen LogP contribution is -2.42. The summed E-state index contributed by atoms with van der Waals surface area (Å²) in [6, 6.07) is -0.0869. The quantitative estimate of drug-likeness (QED) is 0.533. The van der Waals surface area contributed by atoms with Crippen LogP contribution in [-0.2, 0) is 14.0 Å². The van der Waals surface area contributed by atoms with Crippen molar-refractivity contribution in [2.75, 3.05) is 18.9 Å². The van der Waals surface area contributed by atoms with Gasteiger partial charge in [0.25, 0.3) is 0 Å². The number of carbonyl (C=O) groups is 1. The van der Waals surface area contributed by atoms with E-state index < -0.39 is 13.7 Å². The molecule has 0 spiro atoms. The molecule has 0 saturated heterocycles. The highest BCUT2D eigenvalue weighted by atomic mass is 28.4. The standard InChI is InChI=1S/C20H35N5O3Si/c1-19(2,3)18(26)27-10-9-14(11-28-29(7,8)20(4,5)6)25-13-24-15-16(21)22-12-23-17(15)25/h12-14H,9-11H2,1-8H3,(H2,21,22,23). The van der Waals surface area contributed by atoms with Crippen LogP contribution >= 0.6 is 0 Å². The number of carbonyl (C=O) groups excluding carboxylic acids is 1. The van der Waals surface area contributed by atoms with Crippen molar-refractivity contribution >= 4 is 31.3 Å². The molecule has 0 amide bonds. The summed E-state index contributed by atoms with van der Waals surface area (Å²) in [5.41, 5.74) is 6.63. The minimum Gasteiger partial charge on any atom is -0.465 e. The van der Waals surface area contributed by atoms with Crippen LogP contribution in [0.15, 0.2) is 12.7 Å². The molecule has 2 rings (SSSR count). The van der Waals surface area contributed by atoms with Crippen LogP contribution < -0.4 is 5.73 Å². The Balaban J connectivity index is 2.23. The molecule has 0 aliphatic rings. The van der Waals surface area contributed by atoms with Gasteiger partial charge in [-0.25, -0.2) is 15.0 Å². The van der Waals surface area contributed by atoms with E-state index in [4.69, 9.17) is 14.9 Å². The summed E-state index contributed by atoms with van der Waals surface area (Å²) in [5.74, 6) is 0.126. The van der Waals surface area contributed by atoms with E-state index in [0.29, 0.717) is 36.6 Å². The number of ether oxygens (including phenoxy) is 1. The normalized spacial score (nSPS) is 14.2. The highest BCUT2D eigenvalue weighted by Crippen LogP contribution is 2.37. The third kappa shape index (κ3) is 5.54. The van der Waals surface area contributed by atoms with Crippen molar-refractivity contribution in [1.29, 1.82) is 0 Å². The summed E-state index contributed by atoms with van der Waals surface area (Å²) >= 11 is 0. The molecule has 1 unspecified atom stereocenters. The fourth-order valence-corrected chi connectivity index (χ4v) is 3.51. The first-order chi connectivity index (χ1) is 13.2. The van der Waals surface area contributed by atoms with Crippen LogP contribution in [0, 0.1) is 5.41 Å². The van der Waals surface area contributed by atoms with Gasteiger partial charge in [-0.3, -0.25) is 4.79 Å². The average molecular weight is 422 g/mol. The van der Waals surface area contributed by atoms with Crippen LogP contribution in [0.4, 0.5) is 5.82 Å². The summed E-state index contributed by atoms with van der Waals surface area (Å²) in [5, 5.41) is 0.0971. The number of esters is 1. The molecular formula is C20H35N5O3Si. The largest absolute Gasteiger partial charge is 0.465 e. The number of nitrogens with two attached hydrogens (primary N) is 1. The van der Waals surface area contributed by atoms with Crippen LogP contribution in [0.2, 0.25) is 18.1 Å². The maximum atomic E-state index is 12.1. The molecule has 29 heavy (non-hydrogen) atoms. The lowest BCUT2D eigenvalue weighted by molar-refractivity contribution is -0.153.